The Labute approximate surface area is 203 Å². The van der Waals surface area contributed by atoms with Crippen LogP contribution in [0.2, 0.25) is 5.02 Å². The van der Waals surface area contributed by atoms with Crippen molar-refractivity contribution in [1.29, 1.82) is 0 Å². The first-order valence-corrected chi connectivity index (χ1v) is 12.9. The highest BCUT2D eigenvalue weighted by Gasteiger charge is 2.22. The number of rotatable bonds is 5. The van der Waals surface area contributed by atoms with Gasteiger partial charge in [0, 0.05) is 26.9 Å². The largest absolute Gasteiger partial charge is 0.321 e. The number of fused-ring (bicyclic) bond motifs is 1. The SMILES string of the molecule is Cc1c(Cl)cccc1NC(=O)c1cc2cc(N(C)S(=O)(=O)c3ccc(Br)cc3)ccc2s1. The molecule has 1 aromatic heterocycles. The fourth-order valence-electron chi connectivity index (χ4n) is 3.17. The van der Waals surface area contributed by atoms with E-state index in [1.165, 1.54) is 22.7 Å². The summed E-state index contributed by atoms with van der Waals surface area (Å²) in [7, 11) is -2.20. The van der Waals surface area contributed by atoms with E-state index < -0.39 is 10.0 Å². The number of halogens is 2. The Hall–Kier alpha value is -2.39. The van der Waals surface area contributed by atoms with Gasteiger partial charge in [-0.2, -0.15) is 0 Å². The van der Waals surface area contributed by atoms with Gasteiger partial charge in [0.1, 0.15) is 0 Å². The molecule has 0 spiro atoms. The van der Waals surface area contributed by atoms with Crippen LogP contribution in [-0.2, 0) is 10.0 Å². The normalized spacial score (nSPS) is 11.5. The summed E-state index contributed by atoms with van der Waals surface area (Å²) in [4.78, 5) is 13.5. The molecule has 0 saturated carbocycles. The molecule has 0 aliphatic rings. The number of sulfonamides is 1. The topological polar surface area (TPSA) is 66.5 Å². The Kier molecular flexibility index (Phi) is 6.31. The minimum absolute atomic E-state index is 0.200. The number of nitrogens with zero attached hydrogens (tertiary/aromatic N) is 1. The van der Waals surface area contributed by atoms with E-state index in [0.29, 0.717) is 21.3 Å². The number of carbonyl (C=O) groups is 1. The van der Waals surface area contributed by atoms with Crippen molar-refractivity contribution in [2.24, 2.45) is 0 Å². The molecule has 0 fully saturated rings. The second kappa shape index (κ2) is 8.86. The van der Waals surface area contributed by atoms with Gasteiger partial charge in [-0.1, -0.05) is 33.6 Å². The molecule has 1 heterocycles. The average molecular weight is 550 g/mol. The van der Waals surface area contributed by atoms with E-state index in [4.69, 9.17) is 11.6 Å². The van der Waals surface area contributed by atoms with Gasteiger partial charge < -0.3 is 5.32 Å². The van der Waals surface area contributed by atoms with Gasteiger partial charge in [-0.15, -0.1) is 11.3 Å². The number of hydrogen-bond acceptors (Lipinski definition) is 4. The number of nitrogens with one attached hydrogen (secondary N) is 1. The molecule has 4 aromatic rings. The van der Waals surface area contributed by atoms with Gasteiger partial charge >= 0.3 is 0 Å². The number of hydrogen-bond donors (Lipinski definition) is 1. The van der Waals surface area contributed by atoms with Crippen LogP contribution in [0.1, 0.15) is 15.2 Å². The lowest BCUT2D eigenvalue weighted by Crippen LogP contribution is -2.26. The molecule has 0 bridgehead atoms. The third-order valence-corrected chi connectivity index (χ3v) is 8.93. The average Bonchev–Trinajstić information content (AvgIpc) is 3.20. The summed E-state index contributed by atoms with van der Waals surface area (Å²) in [6.07, 6.45) is 0. The van der Waals surface area contributed by atoms with Crippen molar-refractivity contribution in [2.45, 2.75) is 11.8 Å². The Morgan fingerprint density at radius 3 is 2.50 bits per heavy atom. The molecule has 0 aliphatic carbocycles. The van der Waals surface area contributed by atoms with E-state index in [0.717, 1.165) is 20.1 Å². The molecule has 5 nitrogen and oxygen atoms in total. The quantitative estimate of drug-likeness (QED) is 0.301. The summed E-state index contributed by atoms with van der Waals surface area (Å²) in [6.45, 7) is 1.84. The third-order valence-electron chi connectivity index (χ3n) is 5.08. The maximum atomic E-state index is 13.0. The molecule has 1 N–H and O–H groups in total. The van der Waals surface area contributed by atoms with Crippen LogP contribution in [0.4, 0.5) is 11.4 Å². The first-order chi connectivity index (χ1) is 15.2. The lowest BCUT2D eigenvalue weighted by Gasteiger charge is -2.19. The predicted molar refractivity (Wildman–Crippen MR) is 136 cm³/mol. The van der Waals surface area contributed by atoms with Crippen molar-refractivity contribution < 1.29 is 13.2 Å². The molecule has 0 unspecified atom stereocenters. The second-order valence-electron chi connectivity index (χ2n) is 7.13. The van der Waals surface area contributed by atoms with Gasteiger partial charge in [0.25, 0.3) is 15.9 Å². The molecule has 0 atom stereocenters. The van der Waals surface area contributed by atoms with E-state index in [-0.39, 0.29) is 10.8 Å². The number of carbonyl (C=O) groups excluding carboxylic acids is 1. The van der Waals surface area contributed by atoms with Crippen LogP contribution < -0.4 is 9.62 Å². The molecule has 9 heteroatoms. The van der Waals surface area contributed by atoms with Crippen LogP contribution in [0.25, 0.3) is 10.1 Å². The van der Waals surface area contributed by atoms with Crippen molar-refractivity contribution in [3.63, 3.8) is 0 Å². The van der Waals surface area contributed by atoms with Crippen LogP contribution in [0.15, 0.2) is 76.1 Å². The van der Waals surface area contributed by atoms with E-state index >= 15 is 0 Å². The van der Waals surface area contributed by atoms with Gasteiger partial charge in [-0.25, -0.2) is 8.42 Å². The minimum atomic E-state index is -3.71. The molecule has 32 heavy (non-hydrogen) atoms. The maximum absolute atomic E-state index is 13.0. The number of benzene rings is 3. The Morgan fingerprint density at radius 2 is 1.78 bits per heavy atom. The Bertz CT molecular complexity index is 1430. The monoisotopic (exact) mass is 548 g/mol. The first-order valence-electron chi connectivity index (χ1n) is 9.51. The molecule has 1 amide bonds. The van der Waals surface area contributed by atoms with Crippen LogP contribution in [-0.4, -0.2) is 21.4 Å². The van der Waals surface area contributed by atoms with Gasteiger partial charge in [0.15, 0.2) is 0 Å². The van der Waals surface area contributed by atoms with Crippen molar-refractivity contribution in [3.05, 3.63) is 86.7 Å². The van der Waals surface area contributed by atoms with Gasteiger partial charge in [-0.3, -0.25) is 9.10 Å². The first kappa shape index (κ1) is 22.8. The van der Waals surface area contributed by atoms with Crippen LogP contribution in [0.3, 0.4) is 0 Å². The summed E-state index contributed by atoms with van der Waals surface area (Å²) < 4.78 is 28.9. The zero-order valence-corrected chi connectivity index (χ0v) is 21.1. The van der Waals surface area contributed by atoms with Crippen LogP contribution >= 0.6 is 38.9 Å². The fourth-order valence-corrected chi connectivity index (χ4v) is 5.73. The molecule has 164 valence electrons. The van der Waals surface area contributed by atoms with Crippen molar-refractivity contribution in [2.75, 3.05) is 16.7 Å². The molecular formula is C23H18BrClN2O3S2. The number of anilines is 2. The predicted octanol–water partition coefficient (Wildman–Crippen LogP) is 6.70. The van der Waals surface area contributed by atoms with Gasteiger partial charge in [0.05, 0.1) is 15.5 Å². The highest BCUT2D eigenvalue weighted by atomic mass is 79.9. The number of amides is 1. The summed E-state index contributed by atoms with van der Waals surface area (Å²) in [5, 5.41) is 4.27. The maximum Gasteiger partial charge on any atom is 0.265 e. The highest BCUT2D eigenvalue weighted by molar-refractivity contribution is 9.10. The molecule has 4 rings (SSSR count). The fraction of sp³-hybridized carbons (Fsp3) is 0.0870. The molecule has 0 saturated heterocycles. The third kappa shape index (κ3) is 4.41. The van der Waals surface area contributed by atoms with Crippen LogP contribution in [0, 0.1) is 6.92 Å². The second-order valence-corrected chi connectivity index (χ2v) is 11.5. The van der Waals surface area contributed by atoms with Gasteiger partial charge in [0.2, 0.25) is 0 Å². The van der Waals surface area contributed by atoms with E-state index in [2.05, 4.69) is 21.2 Å². The van der Waals surface area contributed by atoms with Crippen molar-refractivity contribution >= 4 is 76.3 Å². The molecule has 0 aliphatic heterocycles. The smallest absolute Gasteiger partial charge is 0.265 e. The van der Waals surface area contributed by atoms with Crippen molar-refractivity contribution in [3.8, 4) is 0 Å². The zero-order chi connectivity index (χ0) is 23.0. The summed E-state index contributed by atoms with van der Waals surface area (Å²) in [5.74, 6) is -0.242. The molecular weight excluding hydrogens is 532 g/mol. The van der Waals surface area contributed by atoms with Crippen LogP contribution in [0.5, 0.6) is 0 Å². The Balaban J connectivity index is 1.62. The summed E-state index contributed by atoms with van der Waals surface area (Å²) >= 11 is 10.8. The van der Waals surface area contributed by atoms with E-state index in [1.807, 2.05) is 13.0 Å². The lowest BCUT2D eigenvalue weighted by molar-refractivity contribution is 0.103. The van der Waals surface area contributed by atoms with E-state index in [1.54, 1.807) is 60.7 Å². The highest BCUT2D eigenvalue weighted by Crippen LogP contribution is 2.32. The lowest BCUT2D eigenvalue weighted by atomic mass is 10.2. The number of thiophene rings is 1. The standard InChI is InChI=1S/C23H18BrClN2O3S2/c1-14-19(25)4-3-5-20(14)26-23(28)22-13-15-12-17(8-11-21(15)31-22)27(2)32(29,30)18-9-6-16(24)7-10-18/h3-13H,1-2H3,(H,26,28). The molecule has 3 aromatic carbocycles. The molecule has 0 radical (unpaired) electrons. The minimum Gasteiger partial charge on any atom is -0.321 e. The Morgan fingerprint density at radius 1 is 1.06 bits per heavy atom. The zero-order valence-electron chi connectivity index (χ0n) is 17.1. The van der Waals surface area contributed by atoms with Gasteiger partial charge in [-0.05, 0) is 78.5 Å². The van der Waals surface area contributed by atoms with E-state index in [9.17, 15) is 13.2 Å². The summed E-state index contributed by atoms with van der Waals surface area (Å²) in [5.41, 5.74) is 1.96. The summed E-state index contributed by atoms with van der Waals surface area (Å²) in [6, 6.07) is 18.9. The van der Waals surface area contributed by atoms with Crippen molar-refractivity contribution in [1.82, 2.24) is 0 Å².